The van der Waals surface area contributed by atoms with Crippen molar-refractivity contribution in [1.82, 2.24) is 0 Å². The van der Waals surface area contributed by atoms with Gasteiger partial charge in [0.25, 0.3) is 0 Å². The third-order valence-electron chi connectivity index (χ3n) is 6.09. The van der Waals surface area contributed by atoms with Crippen molar-refractivity contribution in [2.75, 3.05) is 5.94 Å². The Balaban J connectivity index is 1.99. The zero-order chi connectivity index (χ0) is 39.5. The molecular weight excluding hydrogens is 978 g/mol. The van der Waals surface area contributed by atoms with Crippen LogP contribution in [0.3, 0.4) is 0 Å². The Labute approximate surface area is 336 Å². The van der Waals surface area contributed by atoms with Crippen LogP contribution in [-0.2, 0) is 81.9 Å². The van der Waals surface area contributed by atoms with Crippen LogP contribution in [0.2, 0.25) is 105 Å². The third-order valence-corrected chi connectivity index (χ3v) is 52.9. The fourth-order valence-corrected chi connectivity index (χ4v) is 63.4. The van der Waals surface area contributed by atoms with Gasteiger partial charge in [-0.3, -0.25) is 7.74 Å². The van der Waals surface area contributed by atoms with Crippen molar-refractivity contribution in [1.29, 1.82) is 0 Å². The molecule has 4 unspecified atom stereocenters. The molecule has 6 aliphatic rings. The molecule has 53 heavy (non-hydrogen) atoms. The Morgan fingerprint density at radius 3 is 0.811 bits per heavy atom. The Morgan fingerprint density at radius 2 is 0.547 bits per heavy atom. The van der Waals surface area contributed by atoms with Crippen LogP contribution in [0.1, 0.15) is 0 Å². The summed E-state index contributed by atoms with van der Waals surface area (Å²) < 4.78 is 139. The molecular formula is C17H58O20SSi15. The van der Waals surface area contributed by atoms with Gasteiger partial charge in [0.2, 0.25) is 0 Å². The van der Waals surface area contributed by atoms with Crippen LogP contribution in [0.4, 0.5) is 0 Å². The van der Waals surface area contributed by atoms with Crippen molar-refractivity contribution >= 4 is 147 Å². The minimum absolute atomic E-state index is 0.416. The molecule has 0 aliphatic carbocycles. The van der Waals surface area contributed by atoms with Gasteiger partial charge in [-0.25, -0.2) is 0 Å². The van der Waals surface area contributed by atoms with E-state index < -0.39 is 152 Å². The lowest BCUT2D eigenvalue weighted by Crippen LogP contribution is -2.86. The second-order valence-electron chi connectivity index (χ2n) is 14.7. The van der Waals surface area contributed by atoms with Crippen LogP contribution in [0.15, 0.2) is 0 Å². The van der Waals surface area contributed by atoms with Crippen LogP contribution in [0.25, 0.3) is 0 Å². The fraction of sp³-hybridized carbons (Fsp3) is 1.00. The highest BCUT2D eigenvalue weighted by Gasteiger charge is 2.88. The maximum atomic E-state index is 7.12. The predicted octanol–water partition coefficient (Wildman–Crippen LogP) is 0.810. The number of fused-ring (bicyclic) bond motifs is 1. The van der Waals surface area contributed by atoms with Crippen molar-refractivity contribution in [3.63, 3.8) is 0 Å². The van der Waals surface area contributed by atoms with E-state index in [-0.39, 0.29) is 0 Å². The summed E-state index contributed by atoms with van der Waals surface area (Å²) in [7, 11) is -54.1. The molecule has 0 aromatic carbocycles. The molecule has 0 aromatic rings. The van der Waals surface area contributed by atoms with E-state index in [0.717, 1.165) is 0 Å². The summed E-state index contributed by atoms with van der Waals surface area (Å²) in [5.74, 6) is -0.416. The van der Waals surface area contributed by atoms with Crippen LogP contribution in [0, 0.1) is 0 Å². The van der Waals surface area contributed by atoms with E-state index in [1.54, 1.807) is 0 Å². The predicted molar refractivity (Wildman–Crippen MR) is 225 cm³/mol. The quantitative estimate of drug-likeness (QED) is 0.198. The lowest BCUT2D eigenvalue weighted by atomic mass is 11.7. The average molecular weight is 1040 g/mol. The molecule has 6 fully saturated rings. The van der Waals surface area contributed by atoms with E-state index in [0.29, 0.717) is 0 Å². The summed E-state index contributed by atoms with van der Waals surface area (Å²) in [6, 6.07) is 0. The van der Waals surface area contributed by atoms with E-state index in [1.165, 1.54) is 0 Å². The van der Waals surface area contributed by atoms with E-state index in [2.05, 4.69) is 0 Å². The zero-order valence-corrected chi connectivity index (χ0v) is 50.5. The molecule has 0 N–H and O–H groups in total. The van der Waals surface area contributed by atoms with Crippen LogP contribution < -0.4 is 0 Å². The molecule has 0 radical (unpaired) electrons. The van der Waals surface area contributed by atoms with E-state index >= 15 is 0 Å². The van der Waals surface area contributed by atoms with Crippen molar-refractivity contribution in [3.05, 3.63) is 0 Å². The maximum absolute atomic E-state index is 7.12. The topological polar surface area (TPSA) is 185 Å². The van der Waals surface area contributed by atoms with Gasteiger partial charge in [-0.05, 0) is 105 Å². The molecule has 6 saturated heterocycles. The second-order valence-corrected chi connectivity index (χ2v) is 56.2. The molecule has 6 heterocycles. The van der Waals surface area contributed by atoms with Crippen molar-refractivity contribution in [3.8, 4) is 0 Å². The van der Waals surface area contributed by atoms with Gasteiger partial charge in [-0.2, -0.15) is 0 Å². The SMILES string of the molecule is C[SiH](C)O[Si]12OCS3(O[SiH](C)C)O[Si]4(O[SiH](C)C)O[Si](O[SiH](C)C)(O1)O[Si]1(O[SiH](C)C)O[Si](O[SiH](C)C)(O2)O[Si](O[SiH](C)C)(O[Si](O[SiH](C)C)(O1)O4)O3. The first-order chi connectivity index (χ1) is 24.3. The van der Waals surface area contributed by atoms with Crippen molar-refractivity contribution in [2.24, 2.45) is 0 Å². The fourth-order valence-electron chi connectivity index (χ4n) is 5.23. The van der Waals surface area contributed by atoms with Gasteiger partial charge in [0.15, 0.2) is 72.3 Å². The smallest absolute Gasteiger partial charge is 0.398 e. The summed E-state index contributed by atoms with van der Waals surface area (Å²) in [5, 5.41) is 0. The molecule has 0 aromatic heterocycles. The first kappa shape index (κ1) is 46.9. The molecule has 0 amide bonds. The largest absolute Gasteiger partial charge is 0.670 e. The first-order valence-corrected chi connectivity index (χ1v) is 53.2. The lowest BCUT2D eigenvalue weighted by molar-refractivity contribution is -0.0907. The summed E-state index contributed by atoms with van der Waals surface area (Å²) in [6.07, 6.45) is 0. The van der Waals surface area contributed by atoms with Crippen LogP contribution in [0.5, 0.6) is 0 Å². The Morgan fingerprint density at radius 1 is 0.321 bits per heavy atom. The number of rotatable bonds is 16. The Bertz CT molecular complexity index is 1130. The molecule has 20 nitrogen and oxygen atoms in total. The van der Waals surface area contributed by atoms with Crippen LogP contribution in [-0.4, -0.2) is 142 Å². The maximum Gasteiger partial charge on any atom is 0.670 e. The van der Waals surface area contributed by atoms with Gasteiger partial charge in [-0.1, -0.05) is 0 Å². The molecule has 36 heteroatoms. The van der Waals surface area contributed by atoms with Gasteiger partial charge < -0.3 is 74.1 Å². The Kier molecular flexibility index (Phi) is 15.3. The molecule has 0 saturated carbocycles. The summed E-state index contributed by atoms with van der Waals surface area (Å²) in [6.45, 7) is 31.0. The highest BCUT2D eigenvalue weighted by atomic mass is 32.3. The van der Waals surface area contributed by atoms with Gasteiger partial charge in [0.1, 0.15) is 5.94 Å². The Hall–Kier alpha value is 2.80. The second kappa shape index (κ2) is 17.3. The minimum atomic E-state index is -4.80. The minimum Gasteiger partial charge on any atom is -0.398 e. The van der Waals surface area contributed by atoms with Gasteiger partial charge in [0.05, 0.1) is 10.9 Å². The highest BCUT2D eigenvalue weighted by Crippen LogP contribution is 2.62. The molecule has 312 valence electrons. The highest BCUT2D eigenvalue weighted by molar-refractivity contribution is 8.23. The van der Waals surface area contributed by atoms with Crippen molar-refractivity contribution < 1.29 is 81.9 Å². The monoisotopic (exact) mass is 1030 g/mol. The summed E-state index contributed by atoms with van der Waals surface area (Å²) >= 11 is 0. The molecule has 0 spiro atoms. The van der Waals surface area contributed by atoms with Crippen LogP contribution >= 0.6 is 10.9 Å². The van der Waals surface area contributed by atoms with Crippen molar-refractivity contribution in [2.45, 2.75) is 105 Å². The molecule has 8 bridgehead atoms. The lowest BCUT2D eigenvalue weighted by Gasteiger charge is -2.56. The van der Waals surface area contributed by atoms with Gasteiger partial charge in [-0.15, -0.1) is 0 Å². The van der Waals surface area contributed by atoms with E-state index in [1.807, 2.05) is 105 Å². The molecule has 6 aliphatic heterocycles. The first-order valence-electron chi connectivity index (χ1n) is 17.9. The summed E-state index contributed by atoms with van der Waals surface area (Å²) in [5.41, 5.74) is 0. The zero-order valence-electron chi connectivity index (χ0n) is 33.4. The normalized spacial score (nSPS) is 42.9. The molecule has 6 rings (SSSR count). The van der Waals surface area contributed by atoms with E-state index in [4.69, 9.17) is 81.9 Å². The number of hydrogen-bond donors (Lipinski definition) is 0. The van der Waals surface area contributed by atoms with E-state index in [9.17, 15) is 0 Å². The average Bonchev–Trinajstić information content (AvgIpc) is 2.91. The van der Waals surface area contributed by atoms with Gasteiger partial charge >= 0.3 is 63.3 Å². The summed E-state index contributed by atoms with van der Waals surface area (Å²) in [4.78, 5) is 0. The van der Waals surface area contributed by atoms with Gasteiger partial charge in [0, 0.05) is 0 Å². The number of hydrogen-bond acceptors (Lipinski definition) is 20. The standard InChI is InChI=1S/C17H58O20SSi15/c1-39(2)19-38-17-18-47(22-40(3)4)29-50(25-43(9)10)31-48(20-38,23-41(5)6)33-52(27-45(13)14)34-49(21-38,24-42(7)8)32-51(30-47,26-44(11)12)36-53(35-50,37-52)28-46(15)16/h39-46H,17H2,1-16H3. The molecule has 4 atom stereocenters. The third kappa shape index (κ3) is 11.4.